The van der Waals surface area contributed by atoms with Gasteiger partial charge in [0.05, 0.1) is 15.6 Å². The SMILES string of the molecule is Cc1cccc2nc(/C(Cl)=C/c3cccc([N+](=O)[O-])c3)cc(=O)n12. The van der Waals surface area contributed by atoms with Crippen LogP contribution in [-0.2, 0) is 0 Å². The molecular formula is C17H12ClN3O3. The molecule has 0 aliphatic carbocycles. The van der Waals surface area contributed by atoms with Crippen LogP contribution < -0.4 is 5.56 Å². The average molecular weight is 342 g/mol. The van der Waals surface area contributed by atoms with Gasteiger partial charge in [0.1, 0.15) is 5.65 Å². The Morgan fingerprint density at radius 1 is 1.25 bits per heavy atom. The van der Waals surface area contributed by atoms with Crippen molar-refractivity contribution in [1.82, 2.24) is 9.38 Å². The Hall–Kier alpha value is -2.99. The standard InChI is InChI=1S/C17H12ClN3O3/c1-11-4-2-7-16-19-15(10-17(22)20(11)16)14(18)9-12-5-3-6-13(8-12)21(23)24/h2-10H,1H3/b14-9-. The lowest BCUT2D eigenvalue weighted by molar-refractivity contribution is -0.384. The van der Waals surface area contributed by atoms with Gasteiger partial charge in [0.2, 0.25) is 0 Å². The molecule has 0 saturated heterocycles. The summed E-state index contributed by atoms with van der Waals surface area (Å²) in [5.41, 5.74) is 1.87. The van der Waals surface area contributed by atoms with Gasteiger partial charge in [-0.1, -0.05) is 29.8 Å². The highest BCUT2D eigenvalue weighted by molar-refractivity contribution is 6.51. The Morgan fingerprint density at radius 2 is 2.00 bits per heavy atom. The number of hydrogen-bond donors (Lipinski definition) is 0. The monoisotopic (exact) mass is 341 g/mol. The molecule has 0 radical (unpaired) electrons. The largest absolute Gasteiger partial charge is 0.270 e. The maximum absolute atomic E-state index is 12.3. The van der Waals surface area contributed by atoms with Crippen molar-refractivity contribution in [2.45, 2.75) is 6.92 Å². The summed E-state index contributed by atoms with van der Waals surface area (Å²) >= 11 is 6.27. The molecule has 0 amide bonds. The van der Waals surface area contributed by atoms with Gasteiger partial charge in [-0.15, -0.1) is 0 Å². The fourth-order valence-corrected chi connectivity index (χ4v) is 2.61. The summed E-state index contributed by atoms with van der Waals surface area (Å²) < 4.78 is 1.49. The highest BCUT2D eigenvalue weighted by Gasteiger charge is 2.09. The first-order valence-corrected chi connectivity index (χ1v) is 7.45. The van der Waals surface area contributed by atoms with Gasteiger partial charge in [0.25, 0.3) is 11.2 Å². The van der Waals surface area contributed by atoms with E-state index < -0.39 is 4.92 Å². The van der Waals surface area contributed by atoms with Gasteiger partial charge in [-0.25, -0.2) is 4.98 Å². The molecule has 0 unspecified atom stereocenters. The van der Waals surface area contributed by atoms with Crippen LogP contribution in [0, 0.1) is 17.0 Å². The Kier molecular flexibility index (Phi) is 4.14. The van der Waals surface area contributed by atoms with Gasteiger partial charge >= 0.3 is 0 Å². The van der Waals surface area contributed by atoms with Crippen molar-refractivity contribution in [2.24, 2.45) is 0 Å². The number of nitro groups is 1. The molecule has 0 aliphatic rings. The van der Waals surface area contributed by atoms with E-state index in [1.54, 1.807) is 30.3 Å². The minimum absolute atomic E-state index is 0.0321. The van der Waals surface area contributed by atoms with Crippen LogP contribution in [0.5, 0.6) is 0 Å². The predicted molar refractivity (Wildman–Crippen MR) is 93.0 cm³/mol. The van der Waals surface area contributed by atoms with Crippen molar-refractivity contribution in [2.75, 3.05) is 0 Å². The fraction of sp³-hybridized carbons (Fsp3) is 0.0588. The van der Waals surface area contributed by atoms with E-state index in [0.29, 0.717) is 16.9 Å². The number of benzene rings is 1. The van der Waals surface area contributed by atoms with Gasteiger partial charge in [-0.3, -0.25) is 19.3 Å². The highest BCUT2D eigenvalue weighted by Crippen LogP contribution is 2.22. The summed E-state index contributed by atoms with van der Waals surface area (Å²) in [6, 6.07) is 12.7. The Balaban J connectivity index is 2.08. The third-order valence-electron chi connectivity index (χ3n) is 3.50. The number of halogens is 1. The van der Waals surface area contributed by atoms with Crippen molar-refractivity contribution in [3.63, 3.8) is 0 Å². The molecule has 0 N–H and O–H groups in total. The van der Waals surface area contributed by atoms with Crippen LogP contribution in [0.2, 0.25) is 0 Å². The molecule has 0 aliphatic heterocycles. The summed E-state index contributed by atoms with van der Waals surface area (Å²) in [5.74, 6) is 0. The number of aromatic nitrogens is 2. The lowest BCUT2D eigenvalue weighted by Crippen LogP contribution is -2.16. The molecule has 2 aromatic heterocycles. The summed E-state index contributed by atoms with van der Waals surface area (Å²) in [5, 5.41) is 11.1. The Bertz CT molecular complexity index is 1040. The van der Waals surface area contributed by atoms with E-state index >= 15 is 0 Å². The van der Waals surface area contributed by atoms with Crippen molar-refractivity contribution in [3.05, 3.63) is 86.0 Å². The van der Waals surface area contributed by atoms with E-state index in [9.17, 15) is 14.9 Å². The predicted octanol–water partition coefficient (Wildman–Crippen LogP) is 3.65. The van der Waals surface area contributed by atoms with E-state index in [2.05, 4.69) is 4.98 Å². The van der Waals surface area contributed by atoms with E-state index in [-0.39, 0.29) is 16.3 Å². The van der Waals surface area contributed by atoms with Crippen molar-refractivity contribution < 1.29 is 4.92 Å². The highest BCUT2D eigenvalue weighted by atomic mass is 35.5. The quantitative estimate of drug-likeness (QED) is 0.538. The first-order chi connectivity index (χ1) is 11.5. The Morgan fingerprint density at radius 3 is 2.75 bits per heavy atom. The van der Waals surface area contributed by atoms with Gasteiger partial charge in [0.15, 0.2) is 0 Å². The van der Waals surface area contributed by atoms with Crippen LogP contribution >= 0.6 is 11.6 Å². The van der Waals surface area contributed by atoms with Crippen molar-refractivity contribution >= 4 is 34.0 Å². The summed E-state index contributed by atoms with van der Waals surface area (Å²) in [6.07, 6.45) is 1.54. The normalized spacial score (nSPS) is 11.7. The average Bonchev–Trinajstić information content (AvgIpc) is 2.54. The molecule has 6 nitrogen and oxygen atoms in total. The molecule has 3 aromatic rings. The molecule has 7 heteroatoms. The zero-order valence-corrected chi connectivity index (χ0v) is 13.4. The number of non-ortho nitro benzene ring substituents is 1. The smallest absolute Gasteiger partial charge is 0.269 e. The molecular weight excluding hydrogens is 330 g/mol. The number of aryl methyl sites for hydroxylation is 1. The second kappa shape index (κ2) is 6.25. The number of hydrogen-bond acceptors (Lipinski definition) is 4. The third-order valence-corrected chi connectivity index (χ3v) is 3.80. The topological polar surface area (TPSA) is 77.5 Å². The minimum atomic E-state index is -0.477. The number of pyridine rings is 1. The second-order valence-electron chi connectivity index (χ2n) is 5.18. The molecule has 2 heterocycles. The van der Waals surface area contributed by atoms with E-state index in [4.69, 9.17) is 11.6 Å². The summed E-state index contributed by atoms with van der Waals surface area (Å²) in [7, 11) is 0. The maximum atomic E-state index is 12.3. The first kappa shape index (κ1) is 15.9. The Labute approximate surface area is 141 Å². The van der Waals surface area contributed by atoms with Crippen molar-refractivity contribution in [1.29, 1.82) is 0 Å². The lowest BCUT2D eigenvalue weighted by Gasteiger charge is -2.06. The maximum Gasteiger partial charge on any atom is 0.270 e. The number of nitro benzene ring substituents is 1. The second-order valence-corrected chi connectivity index (χ2v) is 5.59. The van der Waals surface area contributed by atoms with Crippen LogP contribution in [0.1, 0.15) is 17.0 Å². The first-order valence-electron chi connectivity index (χ1n) is 7.07. The van der Waals surface area contributed by atoms with Gasteiger partial charge < -0.3 is 0 Å². The summed E-state index contributed by atoms with van der Waals surface area (Å²) in [6.45, 7) is 1.82. The van der Waals surface area contributed by atoms with Crippen LogP contribution in [0.4, 0.5) is 5.69 Å². The van der Waals surface area contributed by atoms with E-state index in [1.807, 2.05) is 13.0 Å². The molecule has 0 saturated carbocycles. The molecule has 0 spiro atoms. The zero-order chi connectivity index (χ0) is 17.3. The van der Waals surface area contributed by atoms with E-state index in [0.717, 1.165) is 5.69 Å². The van der Waals surface area contributed by atoms with Gasteiger partial charge in [-0.2, -0.15) is 0 Å². The van der Waals surface area contributed by atoms with Crippen molar-refractivity contribution in [3.8, 4) is 0 Å². The number of rotatable bonds is 3. The third kappa shape index (κ3) is 3.04. The van der Waals surface area contributed by atoms with Crippen LogP contribution in [0.15, 0.2) is 53.3 Å². The fourth-order valence-electron chi connectivity index (χ4n) is 2.39. The van der Waals surface area contributed by atoms with Crippen LogP contribution in [0.3, 0.4) is 0 Å². The van der Waals surface area contributed by atoms with Crippen LogP contribution in [0.25, 0.3) is 16.8 Å². The molecule has 24 heavy (non-hydrogen) atoms. The minimum Gasteiger partial charge on any atom is -0.269 e. The van der Waals surface area contributed by atoms with Gasteiger partial charge in [-0.05, 0) is 30.7 Å². The molecule has 0 atom stereocenters. The number of fused-ring (bicyclic) bond motifs is 1. The molecule has 0 fully saturated rings. The molecule has 120 valence electrons. The lowest BCUT2D eigenvalue weighted by atomic mass is 10.1. The zero-order valence-electron chi connectivity index (χ0n) is 12.6. The van der Waals surface area contributed by atoms with Gasteiger partial charge in [0, 0.05) is 23.9 Å². The van der Waals surface area contributed by atoms with E-state index in [1.165, 1.54) is 22.6 Å². The van der Waals surface area contributed by atoms with Crippen LogP contribution in [-0.4, -0.2) is 14.3 Å². The molecule has 1 aromatic carbocycles. The summed E-state index contributed by atoms with van der Waals surface area (Å²) in [4.78, 5) is 27.0. The molecule has 3 rings (SSSR count). The number of nitrogens with zero attached hydrogens (tertiary/aromatic N) is 3. The molecule has 0 bridgehead atoms.